The molecule has 1 aromatic rings. The second-order valence-corrected chi connectivity index (χ2v) is 4.38. The fourth-order valence-electron chi connectivity index (χ4n) is 1.47. The summed E-state index contributed by atoms with van der Waals surface area (Å²) in [6.45, 7) is -1.84. The first-order valence-electron chi connectivity index (χ1n) is 6.08. The SMILES string of the molecule is Cl.NCC(F)(F)CNC(=O)CCC(=O)c1ccc(F)cc1F. The molecule has 1 amide bonds. The van der Waals surface area contributed by atoms with Crippen LogP contribution >= 0.6 is 12.4 Å². The predicted octanol–water partition coefficient (Wildman–Crippen LogP) is 2.06. The van der Waals surface area contributed by atoms with E-state index in [1.807, 2.05) is 5.32 Å². The third kappa shape index (κ3) is 6.40. The Morgan fingerprint density at radius 2 is 1.82 bits per heavy atom. The van der Waals surface area contributed by atoms with Crippen LogP contribution in [0.15, 0.2) is 18.2 Å². The second kappa shape index (κ2) is 8.70. The average molecular weight is 343 g/mol. The highest BCUT2D eigenvalue weighted by atomic mass is 35.5. The van der Waals surface area contributed by atoms with Gasteiger partial charge in [-0.15, -0.1) is 12.4 Å². The molecule has 0 unspecified atom stereocenters. The summed E-state index contributed by atoms with van der Waals surface area (Å²) in [4.78, 5) is 22.9. The molecule has 0 aliphatic carbocycles. The summed E-state index contributed by atoms with van der Waals surface area (Å²) in [5.41, 5.74) is 4.44. The molecule has 4 nitrogen and oxygen atoms in total. The Morgan fingerprint density at radius 1 is 1.18 bits per heavy atom. The maximum atomic E-state index is 13.3. The molecule has 0 saturated heterocycles. The summed E-state index contributed by atoms with van der Waals surface area (Å²) >= 11 is 0. The van der Waals surface area contributed by atoms with Crippen molar-refractivity contribution in [3.8, 4) is 0 Å². The topological polar surface area (TPSA) is 72.2 Å². The number of hydrogen-bond acceptors (Lipinski definition) is 3. The van der Waals surface area contributed by atoms with E-state index in [0.717, 1.165) is 12.1 Å². The molecule has 0 heterocycles. The number of nitrogens with two attached hydrogens (primary N) is 1. The molecule has 0 radical (unpaired) electrons. The first kappa shape index (κ1) is 20.3. The zero-order valence-corrected chi connectivity index (χ0v) is 12.2. The number of rotatable bonds is 7. The Hall–Kier alpha value is -1.67. The number of hydrogen-bond donors (Lipinski definition) is 2. The van der Waals surface area contributed by atoms with Gasteiger partial charge in [-0.3, -0.25) is 9.59 Å². The third-order valence-electron chi connectivity index (χ3n) is 2.65. The van der Waals surface area contributed by atoms with Crippen molar-refractivity contribution in [2.75, 3.05) is 13.1 Å². The Kier molecular flexibility index (Phi) is 8.04. The zero-order chi connectivity index (χ0) is 16.0. The molecule has 124 valence electrons. The maximum Gasteiger partial charge on any atom is 0.277 e. The van der Waals surface area contributed by atoms with Crippen LogP contribution in [0.25, 0.3) is 0 Å². The lowest BCUT2D eigenvalue weighted by Crippen LogP contribution is -2.41. The Balaban J connectivity index is 0.00000441. The Bertz CT molecular complexity index is 541. The number of alkyl halides is 2. The number of amides is 1. The van der Waals surface area contributed by atoms with E-state index in [4.69, 9.17) is 5.73 Å². The minimum Gasteiger partial charge on any atom is -0.350 e. The number of carbonyl (C=O) groups is 2. The predicted molar refractivity (Wildman–Crippen MR) is 74.2 cm³/mol. The summed E-state index contributed by atoms with van der Waals surface area (Å²) in [6.07, 6.45) is -0.751. The standard InChI is InChI=1S/C13H14F4N2O2.ClH/c14-8-1-2-9(10(15)5-8)11(20)3-4-12(21)19-7-13(16,17)6-18;/h1-2,5H,3-4,6-7,18H2,(H,19,21);1H. The van der Waals surface area contributed by atoms with E-state index in [2.05, 4.69) is 0 Å². The third-order valence-corrected chi connectivity index (χ3v) is 2.65. The summed E-state index contributed by atoms with van der Waals surface area (Å²) in [6, 6.07) is 2.43. The number of halogens is 5. The van der Waals surface area contributed by atoms with Crippen molar-refractivity contribution < 1.29 is 27.2 Å². The van der Waals surface area contributed by atoms with Gasteiger partial charge < -0.3 is 11.1 Å². The highest BCUT2D eigenvalue weighted by molar-refractivity contribution is 5.98. The normalized spacial score (nSPS) is 10.8. The first-order chi connectivity index (χ1) is 9.75. The average Bonchev–Trinajstić information content (AvgIpc) is 2.42. The molecule has 1 rings (SSSR count). The summed E-state index contributed by atoms with van der Waals surface area (Å²) < 4.78 is 51.5. The molecule has 0 atom stereocenters. The highest BCUT2D eigenvalue weighted by Crippen LogP contribution is 2.13. The lowest BCUT2D eigenvalue weighted by Gasteiger charge is -2.14. The smallest absolute Gasteiger partial charge is 0.277 e. The van der Waals surface area contributed by atoms with Gasteiger partial charge in [0.2, 0.25) is 5.91 Å². The zero-order valence-electron chi connectivity index (χ0n) is 11.4. The molecule has 0 aromatic heterocycles. The van der Waals surface area contributed by atoms with E-state index in [-0.39, 0.29) is 30.8 Å². The fraction of sp³-hybridized carbons (Fsp3) is 0.385. The lowest BCUT2D eigenvalue weighted by molar-refractivity contribution is -0.122. The van der Waals surface area contributed by atoms with Crippen LogP contribution in [0.1, 0.15) is 23.2 Å². The molecule has 1 aromatic carbocycles. The van der Waals surface area contributed by atoms with Crippen LogP contribution in [0.3, 0.4) is 0 Å². The minimum atomic E-state index is -3.22. The summed E-state index contributed by atoms with van der Waals surface area (Å²) in [5.74, 6) is -6.57. The second-order valence-electron chi connectivity index (χ2n) is 4.38. The van der Waals surface area contributed by atoms with E-state index >= 15 is 0 Å². The number of carbonyl (C=O) groups excluding carboxylic acids is 2. The number of Topliss-reactive ketones (excluding diaryl/α,β-unsaturated/α-hetero) is 1. The van der Waals surface area contributed by atoms with Crippen molar-refractivity contribution in [3.05, 3.63) is 35.4 Å². The molecule has 0 bridgehead atoms. The van der Waals surface area contributed by atoms with Gasteiger partial charge >= 0.3 is 0 Å². The molecule has 9 heteroatoms. The first-order valence-corrected chi connectivity index (χ1v) is 6.08. The van der Waals surface area contributed by atoms with Gasteiger partial charge in [-0.1, -0.05) is 0 Å². The number of ketones is 1. The minimum absolute atomic E-state index is 0. The van der Waals surface area contributed by atoms with Crippen molar-refractivity contribution in [1.29, 1.82) is 0 Å². The van der Waals surface area contributed by atoms with Crippen LogP contribution in [0.4, 0.5) is 17.6 Å². The summed E-state index contributed by atoms with van der Waals surface area (Å²) in [5, 5.41) is 1.93. The summed E-state index contributed by atoms with van der Waals surface area (Å²) in [7, 11) is 0. The van der Waals surface area contributed by atoms with Gasteiger partial charge in [0.25, 0.3) is 5.92 Å². The number of benzene rings is 1. The van der Waals surface area contributed by atoms with Crippen LogP contribution in [0.5, 0.6) is 0 Å². The number of nitrogens with one attached hydrogen (secondary N) is 1. The van der Waals surface area contributed by atoms with Crippen LogP contribution in [-0.4, -0.2) is 30.7 Å². The van der Waals surface area contributed by atoms with Gasteiger partial charge in [0.1, 0.15) is 11.6 Å². The van der Waals surface area contributed by atoms with Crippen molar-refractivity contribution in [2.45, 2.75) is 18.8 Å². The van der Waals surface area contributed by atoms with Crippen molar-refractivity contribution in [1.82, 2.24) is 5.32 Å². The van der Waals surface area contributed by atoms with Crippen molar-refractivity contribution in [3.63, 3.8) is 0 Å². The Labute approximate surface area is 130 Å². The monoisotopic (exact) mass is 342 g/mol. The largest absolute Gasteiger partial charge is 0.350 e. The molecule has 3 N–H and O–H groups in total. The van der Waals surface area contributed by atoms with Crippen LogP contribution in [0.2, 0.25) is 0 Å². The Morgan fingerprint density at radius 3 is 2.36 bits per heavy atom. The molecule has 0 fully saturated rings. The molecular weight excluding hydrogens is 328 g/mol. The molecular formula is C13H15ClF4N2O2. The van der Waals surface area contributed by atoms with Gasteiger partial charge in [-0.2, -0.15) is 0 Å². The van der Waals surface area contributed by atoms with Crippen molar-refractivity contribution in [2.24, 2.45) is 5.73 Å². The quantitative estimate of drug-likeness (QED) is 0.588. The highest BCUT2D eigenvalue weighted by Gasteiger charge is 2.27. The van der Waals surface area contributed by atoms with Gasteiger partial charge in [-0.25, -0.2) is 17.6 Å². The molecule has 0 aliphatic heterocycles. The van der Waals surface area contributed by atoms with Crippen LogP contribution < -0.4 is 11.1 Å². The van der Waals surface area contributed by atoms with Gasteiger partial charge in [0.15, 0.2) is 5.78 Å². The molecule has 0 spiro atoms. The van der Waals surface area contributed by atoms with E-state index in [9.17, 15) is 27.2 Å². The molecule has 0 saturated carbocycles. The van der Waals surface area contributed by atoms with E-state index in [0.29, 0.717) is 6.07 Å². The fourth-order valence-corrected chi connectivity index (χ4v) is 1.47. The van der Waals surface area contributed by atoms with Crippen LogP contribution in [-0.2, 0) is 4.79 Å². The van der Waals surface area contributed by atoms with Gasteiger partial charge in [0.05, 0.1) is 18.7 Å². The van der Waals surface area contributed by atoms with Gasteiger partial charge in [-0.05, 0) is 12.1 Å². The van der Waals surface area contributed by atoms with E-state index < -0.39 is 42.3 Å². The molecule has 22 heavy (non-hydrogen) atoms. The van der Waals surface area contributed by atoms with Crippen LogP contribution in [0, 0.1) is 11.6 Å². The molecule has 0 aliphatic rings. The van der Waals surface area contributed by atoms with E-state index in [1.165, 1.54) is 0 Å². The van der Waals surface area contributed by atoms with Crippen molar-refractivity contribution >= 4 is 24.1 Å². The lowest BCUT2D eigenvalue weighted by atomic mass is 10.1. The van der Waals surface area contributed by atoms with E-state index in [1.54, 1.807) is 0 Å². The van der Waals surface area contributed by atoms with Gasteiger partial charge in [0, 0.05) is 18.9 Å². The maximum absolute atomic E-state index is 13.3.